The molecule has 164 valence electrons. The van der Waals surface area contributed by atoms with E-state index in [1.807, 2.05) is 12.1 Å². The van der Waals surface area contributed by atoms with Crippen molar-refractivity contribution in [2.24, 2.45) is 0 Å². The van der Waals surface area contributed by atoms with E-state index in [9.17, 15) is 4.79 Å². The first kappa shape index (κ1) is 20.1. The Morgan fingerprint density at radius 2 is 1.97 bits per heavy atom. The van der Waals surface area contributed by atoms with E-state index in [0.717, 1.165) is 24.2 Å². The molecule has 5 rings (SSSR count). The Hall–Kier alpha value is -3.79. The van der Waals surface area contributed by atoms with Crippen LogP contribution in [-0.2, 0) is 0 Å². The zero-order chi connectivity index (χ0) is 22.2. The van der Waals surface area contributed by atoms with Crippen LogP contribution in [0.5, 0.6) is 6.01 Å². The maximum atomic E-state index is 13.3. The fraction of sp³-hybridized carbons (Fsp3) is 0.318. The second-order valence-corrected chi connectivity index (χ2v) is 8.02. The topological polar surface area (TPSA) is 110 Å². The molecule has 1 fully saturated rings. The van der Waals surface area contributed by atoms with Gasteiger partial charge in [0.1, 0.15) is 0 Å². The third-order valence-electron chi connectivity index (χ3n) is 5.55. The largest absolute Gasteiger partial charge is 0.467 e. The molecule has 0 aliphatic carbocycles. The highest BCUT2D eigenvalue weighted by atomic mass is 16.5. The van der Waals surface area contributed by atoms with E-state index in [2.05, 4.69) is 49.4 Å². The zero-order valence-corrected chi connectivity index (χ0v) is 18.1. The highest BCUT2D eigenvalue weighted by Crippen LogP contribution is 2.31. The van der Waals surface area contributed by atoms with Crippen molar-refractivity contribution < 1.29 is 9.53 Å². The lowest BCUT2D eigenvalue weighted by molar-refractivity contribution is 0.102. The van der Waals surface area contributed by atoms with Gasteiger partial charge in [-0.2, -0.15) is 14.6 Å². The molecule has 1 aromatic carbocycles. The smallest absolute Gasteiger partial charge is 0.316 e. The number of hydrogen-bond acceptors (Lipinski definition) is 8. The third-order valence-corrected chi connectivity index (χ3v) is 5.55. The zero-order valence-electron chi connectivity index (χ0n) is 18.1. The summed E-state index contributed by atoms with van der Waals surface area (Å²) >= 11 is 0. The van der Waals surface area contributed by atoms with Crippen molar-refractivity contribution in [1.82, 2.24) is 29.9 Å². The number of hydrogen-bond donors (Lipinski definition) is 2. The maximum absolute atomic E-state index is 13.3. The molecule has 4 aromatic rings. The quantitative estimate of drug-likeness (QED) is 0.505. The summed E-state index contributed by atoms with van der Waals surface area (Å²) in [5, 5.41) is 11.5. The molecule has 0 spiro atoms. The number of benzene rings is 1. The van der Waals surface area contributed by atoms with Crippen molar-refractivity contribution in [3.63, 3.8) is 0 Å². The van der Waals surface area contributed by atoms with E-state index in [0.29, 0.717) is 34.6 Å². The molecule has 10 nitrogen and oxygen atoms in total. The molecule has 1 saturated heterocycles. The molecule has 0 radical (unpaired) electrons. The number of carbonyl (C=O) groups excluding carboxylic acids is 1. The minimum absolute atomic E-state index is 0.210. The molecule has 0 saturated carbocycles. The lowest BCUT2D eigenvalue weighted by Crippen LogP contribution is -2.54. The van der Waals surface area contributed by atoms with Crippen LogP contribution in [0.1, 0.15) is 24.2 Å². The van der Waals surface area contributed by atoms with Gasteiger partial charge in [-0.15, -0.1) is 0 Å². The van der Waals surface area contributed by atoms with Gasteiger partial charge in [-0.05, 0) is 38.1 Å². The number of piperazine rings is 1. The average Bonchev–Trinajstić information content (AvgIpc) is 3.20. The fourth-order valence-corrected chi connectivity index (χ4v) is 4.27. The van der Waals surface area contributed by atoms with Gasteiger partial charge in [0.15, 0.2) is 11.5 Å². The Morgan fingerprint density at radius 3 is 2.75 bits per heavy atom. The van der Waals surface area contributed by atoms with Crippen molar-refractivity contribution in [3.05, 3.63) is 48.4 Å². The number of methoxy groups -OCH3 is 1. The molecule has 3 aromatic heterocycles. The Morgan fingerprint density at radius 1 is 1.16 bits per heavy atom. The maximum Gasteiger partial charge on any atom is 0.316 e. The van der Waals surface area contributed by atoms with Crippen LogP contribution in [0.2, 0.25) is 0 Å². The number of fused-ring (bicyclic) bond motifs is 2. The van der Waals surface area contributed by atoms with E-state index in [-0.39, 0.29) is 11.9 Å². The molecule has 1 aliphatic heterocycles. The van der Waals surface area contributed by atoms with Gasteiger partial charge in [-0.25, -0.2) is 9.97 Å². The summed E-state index contributed by atoms with van der Waals surface area (Å²) in [6, 6.07) is 8.28. The van der Waals surface area contributed by atoms with Gasteiger partial charge in [0.05, 0.1) is 24.4 Å². The summed E-state index contributed by atoms with van der Waals surface area (Å²) in [5.74, 6) is 0.172. The fourth-order valence-electron chi connectivity index (χ4n) is 4.27. The lowest BCUT2D eigenvalue weighted by Gasteiger charge is -2.38. The molecule has 2 N–H and O–H groups in total. The number of rotatable bonds is 4. The normalized spacial score (nSPS) is 18.8. The van der Waals surface area contributed by atoms with Crippen molar-refractivity contribution in [3.8, 4) is 6.01 Å². The van der Waals surface area contributed by atoms with Crippen LogP contribution in [0.15, 0.2) is 42.9 Å². The van der Waals surface area contributed by atoms with Gasteiger partial charge in [0.2, 0.25) is 0 Å². The lowest BCUT2D eigenvalue weighted by atomic mass is 10.0. The first-order valence-corrected chi connectivity index (χ1v) is 10.5. The highest BCUT2D eigenvalue weighted by molar-refractivity contribution is 6.13. The first-order chi connectivity index (χ1) is 15.5. The summed E-state index contributed by atoms with van der Waals surface area (Å²) in [7, 11) is 1.51. The summed E-state index contributed by atoms with van der Waals surface area (Å²) < 4.78 is 6.82. The summed E-state index contributed by atoms with van der Waals surface area (Å²) in [6.45, 7) is 6.03. The molecule has 4 heterocycles. The van der Waals surface area contributed by atoms with E-state index in [4.69, 9.17) is 4.74 Å². The highest BCUT2D eigenvalue weighted by Gasteiger charge is 2.25. The van der Waals surface area contributed by atoms with Crippen LogP contribution < -0.4 is 20.3 Å². The monoisotopic (exact) mass is 432 g/mol. The molecular formula is C22H24N8O2. The van der Waals surface area contributed by atoms with Crippen molar-refractivity contribution in [2.45, 2.75) is 25.9 Å². The molecule has 0 unspecified atom stereocenters. The van der Waals surface area contributed by atoms with Crippen LogP contribution in [0.3, 0.4) is 0 Å². The number of nitrogens with one attached hydrogen (secondary N) is 2. The van der Waals surface area contributed by atoms with Crippen LogP contribution in [0.4, 0.5) is 11.5 Å². The number of imidazole rings is 1. The molecule has 32 heavy (non-hydrogen) atoms. The second-order valence-electron chi connectivity index (χ2n) is 8.02. The molecule has 0 bridgehead atoms. The van der Waals surface area contributed by atoms with Crippen molar-refractivity contribution in [1.29, 1.82) is 0 Å². The van der Waals surface area contributed by atoms with Gasteiger partial charge in [-0.1, -0.05) is 0 Å². The van der Waals surface area contributed by atoms with Gasteiger partial charge in [0.25, 0.3) is 5.91 Å². The summed E-state index contributed by atoms with van der Waals surface area (Å²) in [5.41, 5.74) is 2.60. The molecule has 10 heteroatoms. The van der Waals surface area contributed by atoms with Crippen molar-refractivity contribution in [2.75, 3.05) is 30.4 Å². The van der Waals surface area contributed by atoms with Gasteiger partial charge < -0.3 is 20.3 Å². The number of amides is 1. The second kappa shape index (κ2) is 8.04. The van der Waals surface area contributed by atoms with Gasteiger partial charge in [-0.3, -0.25) is 4.79 Å². The third kappa shape index (κ3) is 3.58. The van der Waals surface area contributed by atoms with Crippen LogP contribution in [0, 0.1) is 0 Å². The predicted molar refractivity (Wildman–Crippen MR) is 121 cm³/mol. The molecule has 1 aliphatic rings. The first-order valence-electron chi connectivity index (χ1n) is 10.5. The molecule has 2 atom stereocenters. The van der Waals surface area contributed by atoms with E-state index >= 15 is 0 Å². The Balaban J connectivity index is 1.56. The number of nitrogens with zero attached hydrogens (tertiary/aromatic N) is 6. The summed E-state index contributed by atoms with van der Waals surface area (Å²) in [6.07, 6.45) is 4.94. The molecule has 1 amide bonds. The average molecular weight is 432 g/mol. The molecular weight excluding hydrogens is 408 g/mol. The van der Waals surface area contributed by atoms with Crippen LogP contribution >= 0.6 is 0 Å². The van der Waals surface area contributed by atoms with E-state index < -0.39 is 0 Å². The Labute approximate surface area is 184 Å². The van der Waals surface area contributed by atoms with Gasteiger partial charge >= 0.3 is 6.01 Å². The number of carbonyl (C=O) groups is 1. The minimum atomic E-state index is -0.309. The Kier molecular flexibility index (Phi) is 5.06. The SMILES string of the molecule is COc1ncc2c(N3C[C@H](C)N[C@@H](C)C3)ccc(C(=O)Nc3cnc4cccnn34)c2n1. The summed E-state index contributed by atoms with van der Waals surface area (Å²) in [4.78, 5) is 28.7. The minimum Gasteiger partial charge on any atom is -0.467 e. The number of anilines is 2. The number of ether oxygens (including phenoxy) is 1. The number of aromatic nitrogens is 5. The Bertz CT molecular complexity index is 1290. The standard InChI is InChI=1S/C22H24N8O2/c1-13-11-29(12-14(2)26-13)17-7-6-15(20-16(17)9-24-22(28-20)32-3)21(31)27-19-10-23-18-5-4-8-25-30(18)19/h4-10,13-14,26H,11-12H2,1-3H3,(H,27,31)/t13-,14-/m0/s1. The van der Waals surface area contributed by atoms with E-state index in [1.165, 1.54) is 7.11 Å². The van der Waals surface area contributed by atoms with Crippen LogP contribution in [-0.4, -0.2) is 62.8 Å². The van der Waals surface area contributed by atoms with Crippen LogP contribution in [0.25, 0.3) is 16.6 Å². The van der Waals surface area contributed by atoms with Crippen molar-refractivity contribution >= 4 is 34.0 Å². The predicted octanol–water partition coefficient (Wildman–Crippen LogP) is 2.12. The van der Waals surface area contributed by atoms with Gasteiger partial charge in [0, 0.05) is 48.6 Å². The van der Waals surface area contributed by atoms with E-state index in [1.54, 1.807) is 35.2 Å².